The van der Waals surface area contributed by atoms with Crippen molar-refractivity contribution in [1.82, 2.24) is 10.2 Å². The summed E-state index contributed by atoms with van der Waals surface area (Å²) in [5, 5.41) is 3.04. The predicted octanol–water partition coefficient (Wildman–Crippen LogP) is 4.56. The summed E-state index contributed by atoms with van der Waals surface area (Å²) in [6.45, 7) is 12.3. The van der Waals surface area contributed by atoms with E-state index < -0.39 is 0 Å². The second-order valence-electron chi connectivity index (χ2n) is 9.02. The highest BCUT2D eigenvalue weighted by Gasteiger charge is 2.37. The topological polar surface area (TPSA) is 71.8 Å². The third-order valence-electron chi connectivity index (χ3n) is 6.17. The molecule has 1 aliphatic rings. The second kappa shape index (κ2) is 9.27. The molecule has 1 heterocycles. The van der Waals surface area contributed by atoms with E-state index in [1.54, 1.807) is 14.0 Å². The maximum atomic E-state index is 13.1. The monoisotopic (exact) mass is 426 g/mol. The van der Waals surface area contributed by atoms with Crippen molar-refractivity contribution in [3.05, 3.63) is 52.5 Å². The van der Waals surface area contributed by atoms with Gasteiger partial charge < -0.3 is 14.5 Å². The standard InChI is InChI=1S/C25H34N2O4/c1-7-27(8-2)19(17-10-9-11-18(12-17)30-6)15-26-24(29)23-16(3)22-20(28)13-25(4,5)14-21(22)31-23/h9-12,19H,7-8,13-15H2,1-6H3,(H,26,29). The number of Topliss-reactive ketones (excluding diaryl/α,β-unsaturated/α-hetero) is 1. The normalized spacial score (nSPS) is 16.2. The Morgan fingerprint density at radius 3 is 2.61 bits per heavy atom. The van der Waals surface area contributed by atoms with Crippen molar-refractivity contribution in [1.29, 1.82) is 0 Å². The zero-order valence-electron chi connectivity index (χ0n) is 19.5. The molecule has 0 bridgehead atoms. The lowest BCUT2D eigenvalue weighted by atomic mass is 9.76. The Morgan fingerprint density at radius 1 is 1.26 bits per heavy atom. The molecule has 6 heteroatoms. The average molecular weight is 427 g/mol. The molecule has 0 saturated heterocycles. The summed E-state index contributed by atoms with van der Waals surface area (Å²) in [6, 6.07) is 7.93. The van der Waals surface area contributed by atoms with Crippen molar-refractivity contribution in [2.24, 2.45) is 5.41 Å². The summed E-state index contributed by atoms with van der Waals surface area (Å²) in [5.41, 5.74) is 2.17. The number of nitrogens with one attached hydrogen (secondary N) is 1. The van der Waals surface area contributed by atoms with Gasteiger partial charge >= 0.3 is 0 Å². The summed E-state index contributed by atoms with van der Waals surface area (Å²) >= 11 is 0. The molecule has 1 aromatic carbocycles. The first-order valence-corrected chi connectivity index (χ1v) is 11.0. The number of carbonyl (C=O) groups excluding carboxylic acids is 2. The summed E-state index contributed by atoms with van der Waals surface area (Å²) < 4.78 is 11.3. The second-order valence-corrected chi connectivity index (χ2v) is 9.02. The number of ketones is 1. The Kier molecular flexibility index (Phi) is 6.90. The van der Waals surface area contributed by atoms with Gasteiger partial charge in [0.15, 0.2) is 11.5 Å². The Balaban J connectivity index is 1.82. The van der Waals surface area contributed by atoms with E-state index in [4.69, 9.17) is 9.15 Å². The van der Waals surface area contributed by atoms with Gasteiger partial charge in [0.25, 0.3) is 5.91 Å². The molecule has 3 rings (SSSR count). The Bertz CT molecular complexity index is 956. The minimum atomic E-state index is -0.280. The lowest BCUT2D eigenvalue weighted by Gasteiger charge is -2.30. The molecule has 1 unspecified atom stereocenters. The highest BCUT2D eigenvalue weighted by atomic mass is 16.5. The molecule has 1 aliphatic carbocycles. The van der Waals surface area contributed by atoms with Crippen LogP contribution in [0, 0.1) is 12.3 Å². The number of methoxy groups -OCH3 is 1. The molecule has 0 spiro atoms. The maximum Gasteiger partial charge on any atom is 0.287 e. The Morgan fingerprint density at radius 2 is 1.97 bits per heavy atom. The molecule has 1 amide bonds. The molecule has 168 valence electrons. The first-order valence-electron chi connectivity index (χ1n) is 11.0. The van der Waals surface area contributed by atoms with Crippen LogP contribution in [0.1, 0.15) is 78.0 Å². The van der Waals surface area contributed by atoms with Crippen molar-refractivity contribution in [3.63, 3.8) is 0 Å². The minimum Gasteiger partial charge on any atom is -0.497 e. The predicted molar refractivity (Wildman–Crippen MR) is 121 cm³/mol. The average Bonchev–Trinajstić information content (AvgIpc) is 3.06. The van der Waals surface area contributed by atoms with E-state index >= 15 is 0 Å². The van der Waals surface area contributed by atoms with Gasteiger partial charge in [0.1, 0.15) is 11.5 Å². The fraction of sp³-hybridized carbons (Fsp3) is 0.520. The third-order valence-corrected chi connectivity index (χ3v) is 6.17. The van der Waals surface area contributed by atoms with Gasteiger partial charge in [-0.1, -0.05) is 39.8 Å². The number of benzene rings is 1. The van der Waals surface area contributed by atoms with Crippen LogP contribution in [0.2, 0.25) is 0 Å². The number of hydrogen-bond acceptors (Lipinski definition) is 5. The molecule has 6 nitrogen and oxygen atoms in total. The van der Waals surface area contributed by atoms with Crippen LogP contribution in [0.5, 0.6) is 5.75 Å². The summed E-state index contributed by atoms with van der Waals surface area (Å²) in [6.07, 6.45) is 1.13. The molecule has 1 atom stereocenters. The van der Waals surface area contributed by atoms with Crippen molar-refractivity contribution >= 4 is 11.7 Å². The summed E-state index contributed by atoms with van der Waals surface area (Å²) in [7, 11) is 1.65. The van der Waals surface area contributed by atoms with Crippen LogP contribution < -0.4 is 10.1 Å². The number of nitrogens with zero attached hydrogens (tertiary/aromatic N) is 1. The SMILES string of the molecule is CCN(CC)C(CNC(=O)c1oc2c(c1C)C(=O)CC(C)(C)C2)c1cccc(OC)c1. The molecule has 1 aromatic heterocycles. The van der Waals surface area contributed by atoms with E-state index in [0.717, 1.165) is 24.4 Å². The van der Waals surface area contributed by atoms with Crippen LogP contribution in [0.25, 0.3) is 0 Å². The minimum absolute atomic E-state index is 0.000455. The highest BCUT2D eigenvalue weighted by molar-refractivity contribution is 6.03. The zero-order valence-corrected chi connectivity index (χ0v) is 19.5. The Labute approximate surface area is 184 Å². The summed E-state index contributed by atoms with van der Waals surface area (Å²) in [5.74, 6) is 1.45. The highest BCUT2D eigenvalue weighted by Crippen LogP contribution is 2.38. The van der Waals surface area contributed by atoms with Crippen LogP contribution in [0.4, 0.5) is 0 Å². The van der Waals surface area contributed by atoms with Crippen molar-refractivity contribution < 1.29 is 18.7 Å². The van der Waals surface area contributed by atoms with Gasteiger partial charge in [-0.2, -0.15) is 0 Å². The first kappa shape index (κ1) is 23.1. The number of ether oxygens (including phenoxy) is 1. The number of carbonyl (C=O) groups is 2. The van der Waals surface area contributed by atoms with Gasteiger partial charge in [-0.15, -0.1) is 0 Å². The van der Waals surface area contributed by atoms with Crippen LogP contribution in [0.15, 0.2) is 28.7 Å². The van der Waals surface area contributed by atoms with Crippen LogP contribution >= 0.6 is 0 Å². The molecule has 31 heavy (non-hydrogen) atoms. The number of hydrogen-bond donors (Lipinski definition) is 1. The molecule has 0 saturated carbocycles. The molecule has 0 fully saturated rings. The zero-order chi connectivity index (χ0) is 22.8. The fourth-order valence-electron chi connectivity index (χ4n) is 4.54. The molecular formula is C25H34N2O4. The van der Waals surface area contributed by atoms with Crippen LogP contribution in [-0.4, -0.2) is 43.3 Å². The van der Waals surface area contributed by atoms with Gasteiger partial charge in [-0.05, 0) is 43.1 Å². The molecule has 2 aromatic rings. The summed E-state index contributed by atoms with van der Waals surface area (Å²) in [4.78, 5) is 28.0. The van der Waals surface area contributed by atoms with E-state index in [9.17, 15) is 9.59 Å². The van der Waals surface area contributed by atoms with E-state index in [1.165, 1.54) is 0 Å². The lowest BCUT2D eigenvalue weighted by Crippen LogP contribution is -2.38. The van der Waals surface area contributed by atoms with E-state index in [0.29, 0.717) is 36.3 Å². The van der Waals surface area contributed by atoms with E-state index in [-0.39, 0.29) is 28.9 Å². The van der Waals surface area contributed by atoms with E-state index in [2.05, 4.69) is 30.1 Å². The smallest absolute Gasteiger partial charge is 0.287 e. The van der Waals surface area contributed by atoms with Gasteiger partial charge in [0, 0.05) is 24.9 Å². The fourth-order valence-corrected chi connectivity index (χ4v) is 4.54. The largest absolute Gasteiger partial charge is 0.497 e. The van der Waals surface area contributed by atoms with E-state index in [1.807, 2.05) is 32.0 Å². The molecule has 1 N–H and O–H groups in total. The van der Waals surface area contributed by atoms with Gasteiger partial charge in [0.05, 0.1) is 18.7 Å². The quantitative estimate of drug-likeness (QED) is 0.670. The maximum absolute atomic E-state index is 13.1. The number of likely N-dealkylation sites (N-methyl/N-ethyl adjacent to an activating group) is 1. The number of furan rings is 1. The Hall–Kier alpha value is -2.60. The molecule has 0 aliphatic heterocycles. The van der Waals surface area contributed by atoms with Crippen molar-refractivity contribution in [3.8, 4) is 5.75 Å². The number of fused-ring (bicyclic) bond motifs is 1. The van der Waals surface area contributed by atoms with Gasteiger partial charge in [0.2, 0.25) is 0 Å². The van der Waals surface area contributed by atoms with Crippen molar-refractivity contribution in [2.45, 2.75) is 53.5 Å². The number of rotatable bonds is 8. The molecule has 0 radical (unpaired) electrons. The lowest BCUT2D eigenvalue weighted by molar-refractivity contribution is 0.0882. The van der Waals surface area contributed by atoms with Crippen molar-refractivity contribution in [2.75, 3.05) is 26.7 Å². The van der Waals surface area contributed by atoms with Gasteiger partial charge in [-0.25, -0.2) is 0 Å². The van der Waals surface area contributed by atoms with Crippen LogP contribution in [0.3, 0.4) is 0 Å². The molecular weight excluding hydrogens is 392 g/mol. The number of amides is 1. The first-order chi connectivity index (χ1) is 14.7. The third kappa shape index (κ3) is 4.85. The van der Waals surface area contributed by atoms with Crippen LogP contribution in [-0.2, 0) is 6.42 Å². The van der Waals surface area contributed by atoms with Gasteiger partial charge in [-0.3, -0.25) is 14.5 Å².